The summed E-state index contributed by atoms with van der Waals surface area (Å²) in [5.41, 5.74) is 0.374. The molecule has 0 saturated heterocycles. The Kier molecular flexibility index (Phi) is 6.66. The zero-order valence-electron chi connectivity index (χ0n) is 13.6. The minimum absolute atomic E-state index is 0.0570. The Morgan fingerprint density at radius 1 is 1.12 bits per heavy atom. The molecule has 6 nitrogen and oxygen atoms in total. The van der Waals surface area contributed by atoms with Crippen LogP contribution in [0.5, 0.6) is 11.5 Å². The number of carbonyl (C=O) groups excluding carboxylic acids is 1. The van der Waals surface area contributed by atoms with Crippen LogP contribution < -0.4 is 14.2 Å². The highest BCUT2D eigenvalue weighted by Crippen LogP contribution is 2.23. The van der Waals surface area contributed by atoms with Crippen LogP contribution in [0.2, 0.25) is 0 Å². The second kappa shape index (κ2) is 8.73. The molecule has 25 heavy (non-hydrogen) atoms. The van der Waals surface area contributed by atoms with E-state index < -0.39 is 10.1 Å². The Morgan fingerprint density at radius 2 is 1.80 bits per heavy atom. The molecule has 134 valence electrons. The number of amides is 1. The van der Waals surface area contributed by atoms with Crippen LogP contribution in [0.3, 0.4) is 0 Å². The molecule has 0 bridgehead atoms. The standard InChI is InChI=1S/C17H18ClNO5S/c1-23-14-7-9-15(10-8-14)24-25(21,22)16-5-2-4-13(12-16)19-17(20)6-3-11-18/h2,4-5,7-10,12H,3,6,11H2,1H3,(H,19,20). The van der Waals surface area contributed by atoms with E-state index in [0.29, 0.717) is 23.7 Å². The van der Waals surface area contributed by atoms with Gasteiger partial charge in [-0.05, 0) is 48.9 Å². The molecule has 0 fully saturated rings. The van der Waals surface area contributed by atoms with E-state index in [1.54, 1.807) is 18.2 Å². The van der Waals surface area contributed by atoms with Crippen molar-refractivity contribution in [3.8, 4) is 11.5 Å². The Bertz CT molecular complexity index is 821. The van der Waals surface area contributed by atoms with Gasteiger partial charge in [-0.3, -0.25) is 4.79 Å². The third kappa shape index (κ3) is 5.65. The fourth-order valence-electron chi connectivity index (χ4n) is 1.99. The Hall–Kier alpha value is -2.25. The Balaban J connectivity index is 2.13. The number of methoxy groups -OCH3 is 1. The summed E-state index contributed by atoms with van der Waals surface area (Å²) < 4.78 is 34.9. The summed E-state index contributed by atoms with van der Waals surface area (Å²) in [5.74, 6) is 0.910. The molecular weight excluding hydrogens is 366 g/mol. The predicted octanol–water partition coefficient (Wildman–Crippen LogP) is 3.42. The predicted molar refractivity (Wildman–Crippen MR) is 95.8 cm³/mol. The van der Waals surface area contributed by atoms with Crippen molar-refractivity contribution in [2.45, 2.75) is 17.7 Å². The molecule has 2 aromatic rings. The zero-order valence-corrected chi connectivity index (χ0v) is 15.1. The van der Waals surface area contributed by atoms with E-state index in [-0.39, 0.29) is 23.0 Å². The van der Waals surface area contributed by atoms with Crippen molar-refractivity contribution >= 4 is 33.3 Å². The summed E-state index contributed by atoms with van der Waals surface area (Å²) in [4.78, 5) is 11.7. The van der Waals surface area contributed by atoms with Crippen LogP contribution in [0.4, 0.5) is 5.69 Å². The van der Waals surface area contributed by atoms with Gasteiger partial charge in [0, 0.05) is 18.0 Å². The van der Waals surface area contributed by atoms with Gasteiger partial charge in [-0.15, -0.1) is 11.6 Å². The SMILES string of the molecule is COc1ccc(OS(=O)(=O)c2cccc(NC(=O)CCCCl)c2)cc1. The van der Waals surface area contributed by atoms with Crippen LogP contribution in [0.1, 0.15) is 12.8 Å². The summed E-state index contributed by atoms with van der Waals surface area (Å²) in [7, 11) is -2.51. The van der Waals surface area contributed by atoms with Crippen LogP contribution in [0.15, 0.2) is 53.4 Å². The van der Waals surface area contributed by atoms with Crippen LogP contribution in [-0.2, 0) is 14.9 Å². The lowest BCUT2D eigenvalue weighted by Gasteiger charge is -2.10. The molecule has 1 amide bonds. The summed E-state index contributed by atoms with van der Waals surface area (Å²) in [5, 5.41) is 2.63. The van der Waals surface area contributed by atoms with Crippen molar-refractivity contribution < 1.29 is 22.1 Å². The Labute approximate surface area is 151 Å². The maximum atomic E-state index is 12.4. The molecule has 0 aliphatic carbocycles. The number of hydrogen-bond donors (Lipinski definition) is 1. The number of halogens is 1. The minimum atomic E-state index is -4.02. The molecule has 1 N–H and O–H groups in total. The van der Waals surface area contributed by atoms with Gasteiger partial charge >= 0.3 is 10.1 Å². The monoisotopic (exact) mass is 383 g/mol. The molecule has 0 atom stereocenters. The number of alkyl halides is 1. The lowest BCUT2D eigenvalue weighted by Crippen LogP contribution is -2.13. The molecule has 0 radical (unpaired) electrons. The smallest absolute Gasteiger partial charge is 0.339 e. The number of hydrogen-bond acceptors (Lipinski definition) is 5. The average molecular weight is 384 g/mol. The lowest BCUT2D eigenvalue weighted by molar-refractivity contribution is -0.116. The second-order valence-corrected chi connectivity index (χ2v) is 7.01. The maximum Gasteiger partial charge on any atom is 0.339 e. The molecule has 2 aromatic carbocycles. The van der Waals surface area contributed by atoms with Crippen LogP contribution in [0.25, 0.3) is 0 Å². The molecule has 0 spiro atoms. The van der Waals surface area contributed by atoms with Gasteiger partial charge in [-0.25, -0.2) is 0 Å². The highest BCUT2D eigenvalue weighted by Gasteiger charge is 2.17. The third-order valence-electron chi connectivity index (χ3n) is 3.21. The number of carbonyl (C=O) groups is 1. The van der Waals surface area contributed by atoms with Crippen LogP contribution >= 0.6 is 11.6 Å². The van der Waals surface area contributed by atoms with Gasteiger partial charge in [-0.1, -0.05) is 6.07 Å². The van der Waals surface area contributed by atoms with Gasteiger partial charge in [0.2, 0.25) is 5.91 Å². The fourth-order valence-corrected chi connectivity index (χ4v) is 3.10. The van der Waals surface area contributed by atoms with Crippen LogP contribution in [0, 0.1) is 0 Å². The van der Waals surface area contributed by atoms with E-state index in [2.05, 4.69) is 5.32 Å². The molecule has 8 heteroatoms. The van der Waals surface area contributed by atoms with E-state index in [4.69, 9.17) is 20.5 Å². The van der Waals surface area contributed by atoms with Gasteiger partial charge in [0.05, 0.1) is 7.11 Å². The second-order valence-electron chi connectivity index (χ2n) is 5.08. The maximum absolute atomic E-state index is 12.4. The topological polar surface area (TPSA) is 81.7 Å². The number of ether oxygens (including phenoxy) is 1. The fraction of sp³-hybridized carbons (Fsp3) is 0.235. The first kappa shape index (κ1) is 19.1. The summed E-state index contributed by atoms with van der Waals surface area (Å²) in [6.45, 7) is 0. The normalized spacial score (nSPS) is 11.0. The van der Waals surface area contributed by atoms with Crippen molar-refractivity contribution in [3.63, 3.8) is 0 Å². The van der Waals surface area contributed by atoms with Crippen molar-refractivity contribution in [1.82, 2.24) is 0 Å². The van der Waals surface area contributed by atoms with Crippen molar-refractivity contribution in [3.05, 3.63) is 48.5 Å². The number of rotatable bonds is 8. The highest BCUT2D eigenvalue weighted by molar-refractivity contribution is 7.87. The molecule has 0 heterocycles. The zero-order chi connectivity index (χ0) is 18.3. The van der Waals surface area contributed by atoms with Gasteiger partial charge in [0.1, 0.15) is 16.4 Å². The lowest BCUT2D eigenvalue weighted by atomic mass is 10.3. The summed E-state index contributed by atoms with van der Waals surface area (Å²) in [6, 6.07) is 12.1. The summed E-state index contributed by atoms with van der Waals surface area (Å²) >= 11 is 5.55. The first-order valence-corrected chi connectivity index (χ1v) is 9.43. The Morgan fingerprint density at radius 3 is 2.44 bits per heavy atom. The van der Waals surface area contributed by atoms with Crippen molar-refractivity contribution in [1.29, 1.82) is 0 Å². The van der Waals surface area contributed by atoms with E-state index in [0.717, 1.165) is 0 Å². The minimum Gasteiger partial charge on any atom is -0.497 e. The summed E-state index contributed by atoms with van der Waals surface area (Å²) in [6.07, 6.45) is 0.814. The van der Waals surface area contributed by atoms with E-state index in [9.17, 15) is 13.2 Å². The number of nitrogens with one attached hydrogen (secondary N) is 1. The first-order valence-electron chi connectivity index (χ1n) is 7.49. The quantitative estimate of drug-likeness (QED) is 0.558. The third-order valence-corrected chi connectivity index (χ3v) is 4.72. The number of anilines is 1. The average Bonchev–Trinajstić information content (AvgIpc) is 2.60. The number of benzene rings is 2. The highest BCUT2D eigenvalue weighted by atomic mass is 35.5. The molecule has 2 rings (SSSR count). The molecule has 0 aliphatic rings. The van der Waals surface area contributed by atoms with E-state index in [1.807, 2.05) is 0 Å². The van der Waals surface area contributed by atoms with Gasteiger partial charge in [0.15, 0.2) is 0 Å². The van der Waals surface area contributed by atoms with Crippen molar-refractivity contribution in [2.75, 3.05) is 18.3 Å². The van der Waals surface area contributed by atoms with E-state index in [1.165, 1.54) is 37.4 Å². The van der Waals surface area contributed by atoms with Crippen LogP contribution in [-0.4, -0.2) is 27.3 Å². The molecule has 0 unspecified atom stereocenters. The molecule has 0 aromatic heterocycles. The molecule has 0 aliphatic heterocycles. The van der Waals surface area contributed by atoms with Gasteiger partial charge < -0.3 is 14.2 Å². The first-order chi connectivity index (χ1) is 11.9. The van der Waals surface area contributed by atoms with Gasteiger partial charge in [0.25, 0.3) is 0 Å². The largest absolute Gasteiger partial charge is 0.497 e. The molecular formula is C17H18ClNO5S. The van der Waals surface area contributed by atoms with E-state index >= 15 is 0 Å². The molecule has 0 saturated carbocycles. The van der Waals surface area contributed by atoms with Gasteiger partial charge in [-0.2, -0.15) is 8.42 Å². The van der Waals surface area contributed by atoms with Crippen molar-refractivity contribution in [2.24, 2.45) is 0 Å².